The molecule has 5 aromatic rings. The molecule has 0 saturated carbocycles. The predicted octanol–water partition coefficient (Wildman–Crippen LogP) is 6.28. The summed E-state index contributed by atoms with van der Waals surface area (Å²) in [7, 11) is 2.15. The number of para-hydroxylation sites is 2. The zero-order chi connectivity index (χ0) is 23.6. The van der Waals surface area contributed by atoms with E-state index < -0.39 is 0 Å². The molecule has 3 aromatic heterocycles. The molecule has 0 amide bonds. The molecule has 0 aliphatic heterocycles. The Morgan fingerprint density at radius 1 is 0.943 bits per heavy atom. The van der Waals surface area contributed by atoms with E-state index in [0.29, 0.717) is 6.04 Å². The molecule has 5 heteroatoms. The van der Waals surface area contributed by atoms with Gasteiger partial charge in [0.1, 0.15) is 5.82 Å². The standard InChI is InChI=1S/C30H33N5/c1-33-27-15-5-4-14-26(27)32-29(33)22-35(28-16-8-12-23-13-9-17-31-30(23)28)19-7-6-18-34-20-24-10-2-3-11-25(24)21-34/h2-5,9-11,13-15,17,20-21,28H,6-8,12,16,18-19,22H2,1H3. The second-order valence-electron chi connectivity index (χ2n) is 9.83. The lowest BCUT2D eigenvalue weighted by atomic mass is 9.90. The first-order chi connectivity index (χ1) is 17.3. The minimum absolute atomic E-state index is 0.355. The Morgan fingerprint density at radius 3 is 2.57 bits per heavy atom. The molecule has 0 N–H and O–H groups in total. The van der Waals surface area contributed by atoms with Crippen molar-refractivity contribution < 1.29 is 0 Å². The highest BCUT2D eigenvalue weighted by atomic mass is 15.2. The Bertz CT molecular complexity index is 1410. The summed E-state index contributed by atoms with van der Waals surface area (Å²) in [5.74, 6) is 1.13. The zero-order valence-corrected chi connectivity index (χ0v) is 20.5. The van der Waals surface area contributed by atoms with Crippen LogP contribution >= 0.6 is 0 Å². The third-order valence-corrected chi connectivity index (χ3v) is 7.55. The number of unbranched alkanes of at least 4 members (excludes halogenated alkanes) is 1. The molecule has 1 aliphatic carbocycles. The maximum Gasteiger partial charge on any atom is 0.123 e. The lowest BCUT2D eigenvalue weighted by Crippen LogP contribution is -2.33. The number of nitrogens with zero attached hydrogens (tertiary/aromatic N) is 5. The van der Waals surface area contributed by atoms with E-state index in [0.717, 1.165) is 56.7 Å². The molecule has 1 atom stereocenters. The van der Waals surface area contributed by atoms with Gasteiger partial charge in [-0.2, -0.15) is 0 Å². The fourth-order valence-electron chi connectivity index (χ4n) is 5.68. The molecule has 6 rings (SSSR count). The van der Waals surface area contributed by atoms with Gasteiger partial charge in [-0.1, -0.05) is 42.5 Å². The Labute approximate surface area is 207 Å². The number of fused-ring (bicyclic) bond motifs is 3. The van der Waals surface area contributed by atoms with E-state index in [1.165, 1.54) is 34.0 Å². The predicted molar refractivity (Wildman–Crippen MR) is 142 cm³/mol. The summed E-state index contributed by atoms with van der Waals surface area (Å²) in [4.78, 5) is 12.5. The van der Waals surface area contributed by atoms with E-state index in [4.69, 9.17) is 9.97 Å². The lowest BCUT2D eigenvalue weighted by Gasteiger charge is -2.35. The molecule has 1 unspecified atom stereocenters. The normalized spacial score (nSPS) is 15.8. The number of hydrogen-bond donors (Lipinski definition) is 0. The smallest absolute Gasteiger partial charge is 0.123 e. The van der Waals surface area contributed by atoms with Crippen molar-refractivity contribution >= 4 is 21.8 Å². The first-order valence-corrected chi connectivity index (χ1v) is 12.9. The van der Waals surface area contributed by atoms with Crippen LogP contribution in [0.25, 0.3) is 21.8 Å². The van der Waals surface area contributed by atoms with Crippen LogP contribution < -0.4 is 0 Å². The Balaban J connectivity index is 1.21. The summed E-state index contributed by atoms with van der Waals surface area (Å²) in [6, 6.07) is 21.8. The third kappa shape index (κ3) is 4.48. The fraction of sp³-hybridized carbons (Fsp3) is 0.333. The van der Waals surface area contributed by atoms with Gasteiger partial charge in [0.25, 0.3) is 0 Å². The minimum Gasteiger partial charge on any atom is -0.353 e. The molecule has 5 nitrogen and oxygen atoms in total. The zero-order valence-electron chi connectivity index (χ0n) is 20.5. The van der Waals surface area contributed by atoms with Crippen LogP contribution in [0.4, 0.5) is 0 Å². The summed E-state index contributed by atoms with van der Waals surface area (Å²) in [6.07, 6.45) is 12.3. The summed E-state index contributed by atoms with van der Waals surface area (Å²) in [5, 5.41) is 2.64. The van der Waals surface area contributed by atoms with Gasteiger partial charge in [-0.15, -0.1) is 0 Å². The Morgan fingerprint density at radius 2 is 1.74 bits per heavy atom. The van der Waals surface area contributed by atoms with Crippen molar-refractivity contribution in [1.29, 1.82) is 0 Å². The lowest BCUT2D eigenvalue weighted by molar-refractivity contribution is 0.157. The molecule has 3 heterocycles. The first-order valence-electron chi connectivity index (χ1n) is 12.9. The van der Waals surface area contributed by atoms with Crippen molar-refractivity contribution in [3.8, 4) is 0 Å². The van der Waals surface area contributed by atoms with Crippen LogP contribution in [0.1, 0.15) is 48.8 Å². The minimum atomic E-state index is 0.355. The van der Waals surface area contributed by atoms with Gasteiger partial charge in [-0.3, -0.25) is 9.88 Å². The number of aromatic nitrogens is 4. The van der Waals surface area contributed by atoms with Gasteiger partial charge in [0, 0.05) is 32.2 Å². The van der Waals surface area contributed by atoms with Gasteiger partial charge < -0.3 is 9.13 Å². The number of hydrogen-bond acceptors (Lipinski definition) is 3. The maximum atomic E-state index is 5.00. The molecular weight excluding hydrogens is 430 g/mol. The molecule has 0 radical (unpaired) electrons. The van der Waals surface area contributed by atoms with Gasteiger partial charge in [-0.05, 0) is 73.2 Å². The van der Waals surface area contributed by atoms with E-state index in [1.807, 2.05) is 6.20 Å². The van der Waals surface area contributed by atoms with E-state index >= 15 is 0 Å². The highest BCUT2D eigenvalue weighted by molar-refractivity contribution is 5.82. The third-order valence-electron chi connectivity index (χ3n) is 7.55. The summed E-state index contributed by atoms with van der Waals surface area (Å²) in [5.41, 5.74) is 4.96. The quantitative estimate of drug-likeness (QED) is 0.254. The molecule has 178 valence electrons. The van der Waals surface area contributed by atoms with Crippen molar-refractivity contribution in [2.24, 2.45) is 7.05 Å². The van der Waals surface area contributed by atoms with E-state index in [2.05, 4.69) is 94.1 Å². The largest absolute Gasteiger partial charge is 0.353 e. The van der Waals surface area contributed by atoms with Crippen LogP contribution in [-0.4, -0.2) is 30.5 Å². The van der Waals surface area contributed by atoms with Crippen molar-refractivity contribution in [2.75, 3.05) is 6.54 Å². The molecule has 2 aromatic carbocycles. The molecule has 1 aliphatic rings. The fourth-order valence-corrected chi connectivity index (χ4v) is 5.68. The van der Waals surface area contributed by atoms with Crippen LogP contribution in [0, 0.1) is 0 Å². The molecule has 35 heavy (non-hydrogen) atoms. The SMILES string of the molecule is Cn1c(CN(CCCCn2cc3ccccc3c2)C2CCCc3cccnc32)nc2ccccc21. The van der Waals surface area contributed by atoms with Gasteiger partial charge in [-0.25, -0.2) is 4.98 Å². The van der Waals surface area contributed by atoms with Crippen LogP contribution in [0.3, 0.4) is 0 Å². The van der Waals surface area contributed by atoms with E-state index in [-0.39, 0.29) is 0 Å². The van der Waals surface area contributed by atoms with Crippen LogP contribution in [0.2, 0.25) is 0 Å². The van der Waals surface area contributed by atoms with E-state index in [1.54, 1.807) is 0 Å². The van der Waals surface area contributed by atoms with Gasteiger partial charge in [0.15, 0.2) is 0 Å². The average molecular weight is 464 g/mol. The number of pyridine rings is 1. The van der Waals surface area contributed by atoms with Gasteiger partial charge >= 0.3 is 0 Å². The second-order valence-corrected chi connectivity index (χ2v) is 9.83. The van der Waals surface area contributed by atoms with Crippen molar-refractivity contribution in [1.82, 2.24) is 24.0 Å². The molecule has 0 spiro atoms. The first kappa shape index (κ1) is 22.1. The Kier molecular flexibility index (Phi) is 6.09. The van der Waals surface area contributed by atoms with Crippen molar-refractivity contribution in [3.05, 3.63) is 96.3 Å². The van der Waals surface area contributed by atoms with Crippen LogP contribution in [0.15, 0.2) is 79.3 Å². The number of rotatable bonds is 8. The van der Waals surface area contributed by atoms with Crippen LogP contribution in [-0.2, 0) is 26.6 Å². The number of benzene rings is 2. The number of aryl methyl sites for hydroxylation is 3. The monoisotopic (exact) mass is 463 g/mol. The maximum absolute atomic E-state index is 5.00. The van der Waals surface area contributed by atoms with E-state index in [9.17, 15) is 0 Å². The molecule has 0 fully saturated rings. The average Bonchev–Trinajstić information content (AvgIpc) is 3.46. The summed E-state index contributed by atoms with van der Waals surface area (Å²) >= 11 is 0. The summed E-state index contributed by atoms with van der Waals surface area (Å²) in [6.45, 7) is 2.94. The number of imidazole rings is 1. The van der Waals surface area contributed by atoms with Crippen molar-refractivity contribution in [3.63, 3.8) is 0 Å². The summed E-state index contributed by atoms with van der Waals surface area (Å²) < 4.78 is 4.60. The highest BCUT2D eigenvalue weighted by Gasteiger charge is 2.28. The van der Waals surface area contributed by atoms with Gasteiger partial charge in [0.05, 0.1) is 29.3 Å². The topological polar surface area (TPSA) is 38.9 Å². The van der Waals surface area contributed by atoms with Crippen LogP contribution in [0.5, 0.6) is 0 Å². The highest BCUT2D eigenvalue weighted by Crippen LogP contribution is 2.34. The van der Waals surface area contributed by atoms with Crippen molar-refractivity contribution in [2.45, 2.75) is 51.2 Å². The molecular formula is C30H33N5. The molecule has 0 saturated heterocycles. The second kappa shape index (κ2) is 9.67. The molecule has 0 bridgehead atoms. The Hall–Kier alpha value is -3.44. The van der Waals surface area contributed by atoms with Gasteiger partial charge in [0.2, 0.25) is 0 Å².